The van der Waals surface area contributed by atoms with Crippen molar-refractivity contribution in [2.75, 3.05) is 24.5 Å². The van der Waals surface area contributed by atoms with Gasteiger partial charge in [-0.05, 0) is 93.5 Å². The lowest BCUT2D eigenvalue weighted by Crippen LogP contribution is -2.49. The Kier molecular flexibility index (Phi) is 13.7. The Balaban J connectivity index is 0.796. The van der Waals surface area contributed by atoms with Gasteiger partial charge in [0.1, 0.15) is 34.8 Å². The number of nitrogens with one attached hydrogen (secondary N) is 2. The van der Waals surface area contributed by atoms with Gasteiger partial charge in [-0.25, -0.2) is 9.97 Å². The molecule has 3 amide bonds. The van der Waals surface area contributed by atoms with Crippen LogP contribution >= 0.6 is 34.3 Å². The third-order valence-corrected chi connectivity index (χ3v) is 16.5. The monoisotopic (exact) mass is 1020 g/mol. The molecule has 8 heterocycles. The van der Waals surface area contributed by atoms with Crippen LogP contribution in [0.2, 0.25) is 5.02 Å². The molecule has 0 bridgehead atoms. The van der Waals surface area contributed by atoms with Crippen LogP contribution in [0.25, 0.3) is 26.6 Å². The lowest BCUT2D eigenvalue weighted by molar-refractivity contribution is -0.142. The molecule has 16 nitrogen and oxygen atoms in total. The molecule has 0 saturated carbocycles. The maximum atomic E-state index is 14.5. The van der Waals surface area contributed by atoms with Gasteiger partial charge in [0, 0.05) is 71.1 Å². The van der Waals surface area contributed by atoms with Gasteiger partial charge in [0.25, 0.3) is 0 Å². The maximum absolute atomic E-state index is 14.5. The second-order valence-corrected chi connectivity index (χ2v) is 21.9. The van der Waals surface area contributed by atoms with Gasteiger partial charge in [-0.2, -0.15) is 5.10 Å². The molecule has 3 N–H and O–H groups in total. The molecule has 19 heteroatoms. The maximum Gasteiger partial charge on any atom is 0.248 e. The third kappa shape index (κ3) is 9.60. The fraction of sp³-hybridized carbons (Fsp3) is 0.377. The van der Waals surface area contributed by atoms with Crippen LogP contribution in [0.5, 0.6) is 0 Å². The summed E-state index contributed by atoms with van der Waals surface area (Å²) in [4.78, 5) is 62.7. The van der Waals surface area contributed by atoms with E-state index in [4.69, 9.17) is 26.7 Å². The van der Waals surface area contributed by atoms with Crippen molar-refractivity contribution < 1.29 is 19.5 Å². The minimum Gasteiger partial charge on any atom is -0.391 e. The molecule has 1 unspecified atom stereocenters. The number of aryl methyl sites for hydroxylation is 3. The van der Waals surface area contributed by atoms with E-state index in [2.05, 4.69) is 49.1 Å². The highest BCUT2D eigenvalue weighted by Gasteiger charge is 2.43. The lowest BCUT2D eigenvalue weighted by Gasteiger charge is -2.30. The molecule has 0 aliphatic carbocycles. The first-order valence-corrected chi connectivity index (χ1v) is 26.4. The number of pyridine rings is 1. The summed E-state index contributed by atoms with van der Waals surface area (Å²) >= 11 is 9.57. The van der Waals surface area contributed by atoms with Gasteiger partial charge < -0.3 is 25.5 Å². The average Bonchev–Trinajstić information content (AvgIpc) is 4.24. The molecule has 0 spiro atoms. The van der Waals surface area contributed by atoms with Gasteiger partial charge in [-0.15, -0.1) is 32.9 Å². The van der Waals surface area contributed by atoms with Crippen LogP contribution in [0.1, 0.15) is 103 Å². The number of aliphatic imine (C=N–C) groups is 1. The Morgan fingerprint density at radius 1 is 0.917 bits per heavy atom. The van der Waals surface area contributed by atoms with Crippen molar-refractivity contribution in [1.29, 1.82) is 0 Å². The molecule has 372 valence electrons. The van der Waals surface area contributed by atoms with E-state index in [1.54, 1.807) is 39.7 Å². The summed E-state index contributed by atoms with van der Waals surface area (Å²) in [6, 6.07) is 17.0. The number of fused-ring (bicyclic) bond motifs is 3. The fourth-order valence-corrected chi connectivity index (χ4v) is 12.3. The standard InChI is InChI=1S/C53H57ClN12O4S2/c1-28(2)48(52(70)64-26-41(67)21-43(64)51(69)58-30(4)34-8-10-36(11-9-34)49-31(5)56-27-71-49)65-24-38(23-57-65)37-16-18-55-44(20-37)63-19-17-40(25-63)59-45(68)22-42-50-62-61-33(7)66(50)53-46(29(3)32(6)72-53)47(60-42)35-12-14-39(54)15-13-35/h8-16,18,20,23-24,27-28,30,40-43,48,67H,17,19,21-22,25-26H2,1-7H3,(H,58,69)(H,59,68)/t30-,40+,41+,42-,43-,48?/m0/s1. The lowest BCUT2D eigenvalue weighted by atomic mass is 9.99. The number of amides is 3. The van der Waals surface area contributed by atoms with Crippen molar-refractivity contribution in [2.24, 2.45) is 10.9 Å². The molecule has 6 atom stereocenters. The normalized spacial score (nSPS) is 19.4. The SMILES string of the molecule is Cc1ncsc1-c1ccc([C@H](C)NC(=O)[C@@H]2C[C@@H](O)CN2C(=O)C(C(C)C)n2cc(-c3ccnc(N4CC[C@@H](NC(=O)C[C@@H]5N=C(c6ccc(Cl)cc6)c6c(sc(C)c6C)-n6c(C)nnc65)C4)c3)cn2)cc1. The smallest absolute Gasteiger partial charge is 0.248 e. The van der Waals surface area contributed by atoms with E-state index in [-0.39, 0.29) is 55.1 Å². The second-order valence-electron chi connectivity index (χ2n) is 19.4. The number of thiazole rings is 1. The summed E-state index contributed by atoms with van der Waals surface area (Å²) in [6.45, 7) is 15.2. The van der Waals surface area contributed by atoms with E-state index < -0.39 is 24.2 Å². The first-order chi connectivity index (χ1) is 34.6. The number of thiophene rings is 1. The molecule has 2 saturated heterocycles. The average molecular weight is 1030 g/mol. The quantitative estimate of drug-likeness (QED) is 0.101. The number of anilines is 1. The highest BCUT2D eigenvalue weighted by atomic mass is 35.5. The van der Waals surface area contributed by atoms with Crippen molar-refractivity contribution in [3.05, 3.63) is 134 Å². The van der Waals surface area contributed by atoms with Crippen molar-refractivity contribution in [3.63, 3.8) is 0 Å². The summed E-state index contributed by atoms with van der Waals surface area (Å²) in [5.74, 6) is 1.22. The number of β-amino-alcohol motifs (C(OH)–C–C–N with tert-alkyl or cyclic N) is 1. The van der Waals surface area contributed by atoms with E-state index in [1.807, 2.05) is 107 Å². The summed E-state index contributed by atoms with van der Waals surface area (Å²) < 4.78 is 3.72. The van der Waals surface area contributed by atoms with Gasteiger partial charge in [0.05, 0.1) is 46.6 Å². The van der Waals surface area contributed by atoms with Gasteiger partial charge >= 0.3 is 0 Å². The zero-order valence-electron chi connectivity index (χ0n) is 41.2. The summed E-state index contributed by atoms with van der Waals surface area (Å²) in [7, 11) is 0. The molecule has 3 aliphatic rings. The predicted octanol–water partition coefficient (Wildman–Crippen LogP) is 8.31. The number of hydrogen-bond acceptors (Lipinski definition) is 13. The first kappa shape index (κ1) is 49.0. The van der Waals surface area contributed by atoms with Crippen LogP contribution < -0.4 is 15.5 Å². The second kappa shape index (κ2) is 20.1. The number of hydrogen-bond donors (Lipinski definition) is 3. The number of halogens is 1. The molecule has 2 aromatic carbocycles. The largest absolute Gasteiger partial charge is 0.391 e. The van der Waals surface area contributed by atoms with Gasteiger partial charge in [0.15, 0.2) is 5.82 Å². The van der Waals surface area contributed by atoms with E-state index in [0.717, 1.165) is 78.3 Å². The highest BCUT2D eigenvalue weighted by Crippen LogP contribution is 2.40. The number of aromatic nitrogens is 7. The first-order valence-electron chi connectivity index (χ1n) is 24.3. The zero-order valence-corrected chi connectivity index (χ0v) is 43.6. The Labute approximate surface area is 431 Å². The third-order valence-electron chi connectivity index (χ3n) is 14.1. The van der Waals surface area contributed by atoms with E-state index >= 15 is 0 Å². The number of likely N-dealkylation sites (tertiary alicyclic amines) is 1. The Morgan fingerprint density at radius 3 is 2.42 bits per heavy atom. The van der Waals surface area contributed by atoms with Gasteiger partial charge in [0.2, 0.25) is 17.7 Å². The molecule has 72 heavy (non-hydrogen) atoms. The Hall–Kier alpha value is -6.60. The van der Waals surface area contributed by atoms with E-state index in [1.165, 1.54) is 9.78 Å². The Morgan fingerprint density at radius 2 is 1.68 bits per heavy atom. The number of carbonyl (C=O) groups is 3. The van der Waals surface area contributed by atoms with Crippen molar-refractivity contribution in [1.82, 2.24) is 50.0 Å². The van der Waals surface area contributed by atoms with Crippen LogP contribution in [0.15, 0.2) is 89.8 Å². The summed E-state index contributed by atoms with van der Waals surface area (Å²) in [6.07, 6.45) is 5.47. The van der Waals surface area contributed by atoms with Crippen molar-refractivity contribution in [2.45, 2.75) is 104 Å². The number of nitrogens with zero attached hydrogens (tertiary/aromatic N) is 10. The molecule has 3 aliphatic heterocycles. The van der Waals surface area contributed by atoms with Crippen molar-refractivity contribution in [3.8, 4) is 26.6 Å². The van der Waals surface area contributed by atoms with Crippen LogP contribution in [-0.4, -0.2) is 106 Å². The number of aliphatic hydroxyl groups excluding tert-OH is 1. The van der Waals surface area contributed by atoms with Crippen LogP contribution in [0.4, 0.5) is 5.82 Å². The summed E-state index contributed by atoms with van der Waals surface area (Å²) in [5.41, 5.74) is 10.3. The van der Waals surface area contributed by atoms with E-state index in [0.29, 0.717) is 23.9 Å². The molecule has 0 radical (unpaired) electrons. The molecular formula is C53H57ClN12O4S2. The number of rotatable bonds is 13. The Bertz CT molecular complexity index is 3200. The highest BCUT2D eigenvalue weighted by molar-refractivity contribution is 7.15. The number of benzene rings is 2. The topological polar surface area (TPSA) is 189 Å². The van der Waals surface area contributed by atoms with Crippen molar-refractivity contribution >= 4 is 63.5 Å². The molecular weight excluding hydrogens is 968 g/mol. The van der Waals surface area contributed by atoms with Crippen LogP contribution in [0, 0.1) is 33.6 Å². The van der Waals surface area contributed by atoms with Crippen LogP contribution in [0.3, 0.4) is 0 Å². The van der Waals surface area contributed by atoms with Crippen LogP contribution in [-0.2, 0) is 14.4 Å². The van der Waals surface area contributed by atoms with Gasteiger partial charge in [-0.3, -0.25) is 28.6 Å². The minimum absolute atomic E-state index is 0.0501. The number of aliphatic hydroxyl groups is 1. The molecule has 10 rings (SSSR count). The zero-order chi connectivity index (χ0) is 50.5. The fourth-order valence-electron chi connectivity index (χ4n) is 10.2. The molecule has 5 aromatic heterocycles. The molecule has 2 fully saturated rings. The van der Waals surface area contributed by atoms with E-state index in [9.17, 15) is 19.5 Å². The summed E-state index contributed by atoms with van der Waals surface area (Å²) in [5, 5.41) is 32.6. The number of carbonyl (C=O) groups excluding carboxylic acids is 3. The van der Waals surface area contributed by atoms with Gasteiger partial charge in [-0.1, -0.05) is 61.8 Å². The minimum atomic E-state index is -0.838. The predicted molar refractivity (Wildman–Crippen MR) is 281 cm³/mol. The molecule has 7 aromatic rings.